The predicted molar refractivity (Wildman–Crippen MR) is 157 cm³/mol. The van der Waals surface area contributed by atoms with Gasteiger partial charge in [0, 0.05) is 29.0 Å². The molecule has 0 bridgehead atoms. The van der Waals surface area contributed by atoms with Gasteiger partial charge < -0.3 is 9.30 Å². The van der Waals surface area contributed by atoms with Crippen molar-refractivity contribution < 1.29 is 4.74 Å². The van der Waals surface area contributed by atoms with Gasteiger partial charge in [0.2, 0.25) is 0 Å². The number of nitrogens with zero attached hydrogens (tertiary/aromatic N) is 3. The lowest BCUT2D eigenvalue weighted by molar-refractivity contribution is 0.340. The molecule has 4 aromatic carbocycles. The first-order valence-electron chi connectivity index (χ1n) is 12.8. The Morgan fingerprint density at radius 3 is 2.24 bits per heavy atom. The van der Waals surface area contributed by atoms with Crippen LogP contribution in [-0.4, -0.2) is 22.4 Å². The zero-order valence-electron chi connectivity index (χ0n) is 21.2. The lowest BCUT2D eigenvalue weighted by Gasteiger charge is -2.15. The molecule has 0 aliphatic rings. The van der Waals surface area contributed by atoms with E-state index in [4.69, 9.17) is 9.73 Å². The third-order valence-corrected chi connectivity index (χ3v) is 6.49. The number of hydrogen-bond acceptors (Lipinski definition) is 3. The van der Waals surface area contributed by atoms with Gasteiger partial charge in [-0.1, -0.05) is 66.7 Å². The number of pyridine rings is 1. The quantitative estimate of drug-likeness (QED) is 0.209. The summed E-state index contributed by atoms with van der Waals surface area (Å²) in [6.07, 6.45) is 3.78. The number of ether oxygens (including phenoxy) is 1. The van der Waals surface area contributed by atoms with Crippen molar-refractivity contribution in [2.24, 2.45) is 4.99 Å². The molecule has 6 rings (SSSR count). The molecule has 0 fully saturated rings. The van der Waals surface area contributed by atoms with Gasteiger partial charge in [-0.05, 0) is 72.6 Å². The summed E-state index contributed by atoms with van der Waals surface area (Å²) in [5.41, 5.74) is 8.38. The zero-order chi connectivity index (χ0) is 25.7. The first-order valence-corrected chi connectivity index (χ1v) is 12.8. The molecule has 0 radical (unpaired) electrons. The molecule has 0 amide bonds. The second-order valence-corrected chi connectivity index (χ2v) is 8.97. The van der Waals surface area contributed by atoms with Crippen molar-refractivity contribution in [3.8, 4) is 34.0 Å². The van der Waals surface area contributed by atoms with Gasteiger partial charge in [0.25, 0.3) is 0 Å². The maximum Gasteiger partial charge on any atom is 0.119 e. The minimum Gasteiger partial charge on any atom is -0.494 e. The van der Waals surface area contributed by atoms with Crippen molar-refractivity contribution in [3.05, 3.63) is 133 Å². The van der Waals surface area contributed by atoms with E-state index in [1.165, 1.54) is 0 Å². The summed E-state index contributed by atoms with van der Waals surface area (Å²) < 4.78 is 8.03. The van der Waals surface area contributed by atoms with Crippen LogP contribution in [0.15, 0.2) is 133 Å². The van der Waals surface area contributed by atoms with Crippen molar-refractivity contribution in [2.45, 2.75) is 6.92 Å². The Labute approximate surface area is 222 Å². The smallest absolute Gasteiger partial charge is 0.119 e. The van der Waals surface area contributed by atoms with Crippen LogP contribution in [0.3, 0.4) is 0 Å². The second-order valence-electron chi connectivity index (χ2n) is 8.97. The Kier molecular flexibility index (Phi) is 6.52. The van der Waals surface area contributed by atoms with E-state index >= 15 is 0 Å². The highest BCUT2D eigenvalue weighted by atomic mass is 16.5. The van der Waals surface area contributed by atoms with Gasteiger partial charge in [0.05, 0.1) is 29.2 Å². The summed E-state index contributed by atoms with van der Waals surface area (Å²) >= 11 is 0. The van der Waals surface area contributed by atoms with Crippen molar-refractivity contribution in [2.75, 3.05) is 6.61 Å². The van der Waals surface area contributed by atoms with E-state index in [1.807, 2.05) is 61.8 Å². The maximum atomic E-state index is 5.71. The Hall–Kier alpha value is -4.96. The van der Waals surface area contributed by atoms with E-state index in [-0.39, 0.29) is 0 Å². The van der Waals surface area contributed by atoms with Crippen molar-refractivity contribution >= 4 is 22.8 Å². The normalized spacial score (nSPS) is 11.3. The molecule has 2 heterocycles. The van der Waals surface area contributed by atoms with Crippen molar-refractivity contribution in [3.63, 3.8) is 0 Å². The molecule has 0 saturated carbocycles. The molecule has 2 aromatic heterocycles. The fraction of sp³-hybridized carbons (Fsp3) is 0.0588. The van der Waals surface area contributed by atoms with Gasteiger partial charge in [-0.25, -0.2) is 0 Å². The van der Waals surface area contributed by atoms with Crippen LogP contribution in [0.5, 0.6) is 5.75 Å². The Balaban J connectivity index is 1.55. The molecule has 0 spiro atoms. The molecule has 184 valence electrons. The minimum atomic E-state index is 0.638. The lowest BCUT2D eigenvalue weighted by atomic mass is 10.1. The highest BCUT2D eigenvalue weighted by molar-refractivity contribution is 5.95. The number of rotatable bonds is 7. The van der Waals surface area contributed by atoms with Crippen LogP contribution >= 0.6 is 0 Å². The Bertz CT molecular complexity index is 1700. The number of aliphatic imine (C=N–C) groups is 1. The third kappa shape index (κ3) is 4.72. The van der Waals surface area contributed by atoms with Crippen LogP contribution in [0, 0.1) is 0 Å². The fourth-order valence-electron chi connectivity index (χ4n) is 4.75. The summed E-state index contributed by atoms with van der Waals surface area (Å²) in [5, 5.41) is 1.07. The molecule has 6 aromatic rings. The summed E-state index contributed by atoms with van der Waals surface area (Å²) in [7, 11) is 0. The Morgan fingerprint density at radius 1 is 0.763 bits per heavy atom. The van der Waals surface area contributed by atoms with E-state index in [0.29, 0.717) is 6.61 Å². The number of benzene rings is 4. The summed E-state index contributed by atoms with van der Waals surface area (Å²) in [4.78, 5) is 9.34. The monoisotopic (exact) mass is 493 g/mol. The average molecular weight is 494 g/mol. The number of hydrogen-bond donors (Lipinski definition) is 0. The van der Waals surface area contributed by atoms with E-state index in [9.17, 15) is 0 Å². The number of aromatic nitrogens is 2. The largest absolute Gasteiger partial charge is 0.494 e. The van der Waals surface area contributed by atoms with Crippen LogP contribution in [0.25, 0.3) is 39.1 Å². The molecular formula is C34H27N3O. The highest BCUT2D eigenvalue weighted by Gasteiger charge is 2.18. The van der Waals surface area contributed by atoms with E-state index in [2.05, 4.69) is 88.4 Å². The van der Waals surface area contributed by atoms with Crippen LogP contribution in [0.2, 0.25) is 0 Å². The molecule has 0 atom stereocenters. The van der Waals surface area contributed by atoms with Gasteiger partial charge in [0.15, 0.2) is 0 Å². The molecule has 38 heavy (non-hydrogen) atoms. The predicted octanol–water partition coefficient (Wildman–Crippen LogP) is 8.51. The molecule has 0 unspecified atom stereocenters. The van der Waals surface area contributed by atoms with Crippen LogP contribution in [-0.2, 0) is 0 Å². The molecular weight excluding hydrogens is 466 g/mol. The minimum absolute atomic E-state index is 0.638. The van der Waals surface area contributed by atoms with Gasteiger partial charge >= 0.3 is 0 Å². The van der Waals surface area contributed by atoms with Crippen molar-refractivity contribution in [1.29, 1.82) is 0 Å². The Morgan fingerprint density at radius 2 is 1.50 bits per heavy atom. The lowest BCUT2D eigenvalue weighted by Crippen LogP contribution is -2.01. The molecule has 0 aliphatic carbocycles. The topological polar surface area (TPSA) is 39.4 Å². The van der Waals surface area contributed by atoms with Crippen LogP contribution < -0.4 is 4.74 Å². The first kappa shape index (κ1) is 23.4. The zero-order valence-corrected chi connectivity index (χ0v) is 21.2. The van der Waals surface area contributed by atoms with E-state index in [1.54, 1.807) is 0 Å². The first-order chi connectivity index (χ1) is 18.8. The van der Waals surface area contributed by atoms with Gasteiger partial charge in [-0.3, -0.25) is 9.98 Å². The standard InChI is InChI=1S/C34H27N3O/c1-2-38-31-18-16-30(17-19-31)37-33(25-10-5-3-6-11-25)23-28(34(37)26-12-7-4-8-13-26)24-36-29-15-20-32-27(22-29)14-9-21-35-32/h3-24H,2H2,1H3. The van der Waals surface area contributed by atoms with Gasteiger partial charge in [-0.15, -0.1) is 0 Å². The van der Waals surface area contributed by atoms with E-state index in [0.717, 1.165) is 56.1 Å². The molecule has 4 nitrogen and oxygen atoms in total. The van der Waals surface area contributed by atoms with Crippen molar-refractivity contribution in [1.82, 2.24) is 9.55 Å². The maximum absolute atomic E-state index is 5.71. The van der Waals surface area contributed by atoms with Gasteiger partial charge in [-0.2, -0.15) is 0 Å². The second kappa shape index (κ2) is 10.6. The summed E-state index contributed by atoms with van der Waals surface area (Å²) in [5.74, 6) is 0.860. The molecule has 4 heteroatoms. The summed E-state index contributed by atoms with van der Waals surface area (Å²) in [6, 6.07) is 41.6. The third-order valence-electron chi connectivity index (χ3n) is 6.49. The summed E-state index contributed by atoms with van der Waals surface area (Å²) in [6.45, 7) is 2.64. The van der Waals surface area contributed by atoms with Crippen LogP contribution in [0.4, 0.5) is 5.69 Å². The molecule has 0 aliphatic heterocycles. The average Bonchev–Trinajstić information content (AvgIpc) is 3.37. The SMILES string of the molecule is CCOc1ccc(-n2c(-c3ccccc3)cc(C=Nc3ccc4ncccc4c3)c2-c2ccccc2)cc1. The number of fused-ring (bicyclic) bond motifs is 1. The molecule has 0 saturated heterocycles. The highest BCUT2D eigenvalue weighted by Crippen LogP contribution is 2.36. The van der Waals surface area contributed by atoms with Crippen LogP contribution in [0.1, 0.15) is 12.5 Å². The van der Waals surface area contributed by atoms with Gasteiger partial charge in [0.1, 0.15) is 5.75 Å². The fourth-order valence-corrected chi connectivity index (χ4v) is 4.75. The molecule has 0 N–H and O–H groups in total. The van der Waals surface area contributed by atoms with E-state index < -0.39 is 0 Å².